The van der Waals surface area contributed by atoms with Crippen molar-refractivity contribution in [1.82, 2.24) is 10.9 Å². The van der Waals surface area contributed by atoms with E-state index in [2.05, 4.69) is 16.2 Å². The predicted octanol–water partition coefficient (Wildman–Crippen LogP) is 3.21. The van der Waals surface area contributed by atoms with Gasteiger partial charge in [-0.05, 0) is 61.7 Å². The predicted molar refractivity (Wildman–Crippen MR) is 112 cm³/mol. The van der Waals surface area contributed by atoms with E-state index in [-0.39, 0.29) is 25.4 Å². The van der Waals surface area contributed by atoms with Gasteiger partial charge in [0.15, 0.2) is 6.61 Å². The van der Waals surface area contributed by atoms with E-state index in [4.69, 9.17) is 16.3 Å². The molecule has 7 nitrogen and oxygen atoms in total. The van der Waals surface area contributed by atoms with Gasteiger partial charge in [-0.15, -0.1) is 0 Å². The van der Waals surface area contributed by atoms with Crippen LogP contribution in [0.4, 0.5) is 5.69 Å². The lowest BCUT2D eigenvalue weighted by atomic mass is 10.1. The van der Waals surface area contributed by atoms with Crippen molar-refractivity contribution in [2.75, 3.05) is 11.9 Å². The molecule has 2 aromatic rings. The molecule has 0 aromatic heterocycles. The Kier molecular flexibility index (Phi) is 8.03. The molecule has 8 heteroatoms. The van der Waals surface area contributed by atoms with E-state index in [0.717, 1.165) is 16.7 Å². The molecule has 2 rings (SSSR count). The monoisotopic (exact) mass is 417 g/mol. The first-order chi connectivity index (χ1) is 13.8. The Bertz CT molecular complexity index is 915. The maximum atomic E-state index is 12.0. The van der Waals surface area contributed by atoms with Crippen molar-refractivity contribution in [3.63, 3.8) is 0 Å². The van der Waals surface area contributed by atoms with Gasteiger partial charge < -0.3 is 10.1 Å². The van der Waals surface area contributed by atoms with Gasteiger partial charge >= 0.3 is 0 Å². The summed E-state index contributed by atoms with van der Waals surface area (Å²) in [6.45, 7) is 5.49. The Balaban J connectivity index is 1.68. The number of hydrogen-bond donors (Lipinski definition) is 3. The summed E-state index contributed by atoms with van der Waals surface area (Å²) in [5.41, 5.74) is 8.05. The molecule has 2 aromatic carbocycles. The SMILES string of the molecule is Cc1ccc(OCC(=O)NNC(=O)CCC(=O)Nc2cccc(Cl)c2C)cc1C. The molecule has 0 bridgehead atoms. The summed E-state index contributed by atoms with van der Waals surface area (Å²) in [4.78, 5) is 35.6. The molecule has 3 amide bonds. The minimum absolute atomic E-state index is 0.0349. The van der Waals surface area contributed by atoms with E-state index < -0.39 is 11.8 Å². The standard InChI is InChI=1S/C21H24ClN3O4/c1-13-7-8-16(11-14(13)2)29-12-21(28)25-24-20(27)10-9-19(26)23-18-6-4-5-17(22)15(18)3/h4-8,11H,9-10,12H2,1-3H3,(H,23,26)(H,24,27)(H,25,28). The van der Waals surface area contributed by atoms with Gasteiger partial charge in [0, 0.05) is 23.6 Å². The summed E-state index contributed by atoms with van der Waals surface area (Å²) < 4.78 is 5.38. The van der Waals surface area contributed by atoms with Crippen LogP contribution in [0.2, 0.25) is 5.02 Å². The van der Waals surface area contributed by atoms with Crippen molar-refractivity contribution < 1.29 is 19.1 Å². The summed E-state index contributed by atoms with van der Waals surface area (Å²) in [5, 5.41) is 3.25. The first-order valence-corrected chi connectivity index (χ1v) is 9.46. The van der Waals surface area contributed by atoms with Crippen LogP contribution in [-0.4, -0.2) is 24.3 Å². The number of aryl methyl sites for hydroxylation is 2. The second-order valence-corrected chi connectivity index (χ2v) is 7.00. The van der Waals surface area contributed by atoms with Gasteiger partial charge in [-0.1, -0.05) is 23.7 Å². The molecule has 3 N–H and O–H groups in total. The first kappa shape index (κ1) is 22.2. The van der Waals surface area contributed by atoms with E-state index in [1.807, 2.05) is 26.0 Å². The Morgan fingerprint density at radius 3 is 2.31 bits per heavy atom. The maximum Gasteiger partial charge on any atom is 0.276 e. The van der Waals surface area contributed by atoms with E-state index in [9.17, 15) is 14.4 Å². The molecule has 0 fully saturated rings. The number of anilines is 1. The fraction of sp³-hybridized carbons (Fsp3) is 0.286. The number of nitrogens with one attached hydrogen (secondary N) is 3. The van der Waals surface area contributed by atoms with E-state index in [0.29, 0.717) is 16.5 Å². The maximum absolute atomic E-state index is 12.0. The van der Waals surface area contributed by atoms with Crippen LogP contribution in [0.5, 0.6) is 5.75 Å². The second-order valence-electron chi connectivity index (χ2n) is 6.59. The number of benzene rings is 2. The van der Waals surface area contributed by atoms with E-state index in [1.165, 1.54) is 0 Å². The average molecular weight is 418 g/mol. The van der Waals surface area contributed by atoms with Crippen molar-refractivity contribution in [2.24, 2.45) is 0 Å². The summed E-state index contributed by atoms with van der Waals surface area (Å²) in [6, 6.07) is 10.7. The third-order valence-electron chi connectivity index (χ3n) is 4.31. The van der Waals surface area contributed by atoms with Crippen molar-refractivity contribution in [3.8, 4) is 5.75 Å². The van der Waals surface area contributed by atoms with Crippen molar-refractivity contribution in [3.05, 3.63) is 58.1 Å². The molecular weight excluding hydrogens is 394 g/mol. The summed E-state index contributed by atoms with van der Waals surface area (Å²) >= 11 is 6.01. The molecule has 154 valence electrons. The van der Waals surface area contributed by atoms with Gasteiger partial charge in [-0.25, -0.2) is 0 Å². The fourth-order valence-corrected chi connectivity index (χ4v) is 2.55. The number of halogens is 1. The number of hydrazine groups is 1. The van der Waals surface area contributed by atoms with Gasteiger partial charge in [0.2, 0.25) is 11.8 Å². The van der Waals surface area contributed by atoms with Crippen LogP contribution in [0, 0.1) is 20.8 Å². The molecule has 0 saturated heterocycles. The number of rotatable bonds is 7. The van der Waals surface area contributed by atoms with Crippen LogP contribution in [0.1, 0.15) is 29.5 Å². The highest BCUT2D eigenvalue weighted by Gasteiger charge is 2.11. The summed E-state index contributed by atoms with van der Waals surface area (Å²) in [7, 11) is 0. The molecule has 0 aliphatic heterocycles. The molecule has 0 spiro atoms. The smallest absolute Gasteiger partial charge is 0.276 e. The van der Waals surface area contributed by atoms with Crippen molar-refractivity contribution >= 4 is 35.0 Å². The second kappa shape index (κ2) is 10.5. The Hall–Kier alpha value is -3.06. The quantitative estimate of drug-likeness (QED) is 0.602. The van der Waals surface area contributed by atoms with Crippen molar-refractivity contribution in [2.45, 2.75) is 33.6 Å². The average Bonchev–Trinajstić information content (AvgIpc) is 2.69. The number of ether oxygens (including phenoxy) is 1. The summed E-state index contributed by atoms with van der Waals surface area (Å²) in [6.07, 6.45) is -0.115. The lowest BCUT2D eigenvalue weighted by molar-refractivity contribution is -0.130. The minimum Gasteiger partial charge on any atom is -0.484 e. The van der Waals surface area contributed by atoms with Gasteiger partial charge in [0.1, 0.15) is 5.75 Å². The number of amides is 3. The van der Waals surface area contributed by atoms with Gasteiger partial charge in [0.05, 0.1) is 0 Å². The minimum atomic E-state index is -0.504. The van der Waals surface area contributed by atoms with Crippen LogP contribution in [0.3, 0.4) is 0 Å². The molecule has 0 aliphatic rings. The van der Waals surface area contributed by atoms with Crippen molar-refractivity contribution in [1.29, 1.82) is 0 Å². The zero-order valence-electron chi connectivity index (χ0n) is 16.6. The van der Waals surface area contributed by atoms with E-state index in [1.54, 1.807) is 31.2 Å². The van der Waals surface area contributed by atoms with Crippen LogP contribution in [0.25, 0.3) is 0 Å². The highest BCUT2D eigenvalue weighted by atomic mass is 35.5. The number of carbonyl (C=O) groups excluding carboxylic acids is 3. The molecule has 29 heavy (non-hydrogen) atoms. The zero-order chi connectivity index (χ0) is 21.4. The Morgan fingerprint density at radius 1 is 0.897 bits per heavy atom. The third-order valence-corrected chi connectivity index (χ3v) is 4.72. The summed E-state index contributed by atoms with van der Waals surface area (Å²) in [5.74, 6) is -0.740. The highest BCUT2D eigenvalue weighted by Crippen LogP contribution is 2.23. The molecule has 0 unspecified atom stereocenters. The molecule has 0 atom stereocenters. The highest BCUT2D eigenvalue weighted by molar-refractivity contribution is 6.31. The first-order valence-electron chi connectivity index (χ1n) is 9.09. The lowest BCUT2D eigenvalue weighted by Gasteiger charge is -2.11. The largest absolute Gasteiger partial charge is 0.484 e. The van der Waals surface area contributed by atoms with Crippen LogP contribution in [-0.2, 0) is 14.4 Å². The Labute approximate surface area is 174 Å². The number of hydrogen-bond acceptors (Lipinski definition) is 4. The lowest BCUT2D eigenvalue weighted by Crippen LogP contribution is -2.44. The molecular formula is C21H24ClN3O4. The van der Waals surface area contributed by atoms with Crippen LogP contribution < -0.4 is 20.9 Å². The zero-order valence-corrected chi connectivity index (χ0v) is 17.4. The van der Waals surface area contributed by atoms with E-state index >= 15 is 0 Å². The van der Waals surface area contributed by atoms with Crippen LogP contribution in [0.15, 0.2) is 36.4 Å². The molecule has 0 aliphatic carbocycles. The van der Waals surface area contributed by atoms with Gasteiger partial charge in [0.25, 0.3) is 5.91 Å². The van der Waals surface area contributed by atoms with Gasteiger partial charge in [-0.2, -0.15) is 0 Å². The topological polar surface area (TPSA) is 96.5 Å². The third kappa shape index (κ3) is 7.12. The molecule has 0 radical (unpaired) electrons. The van der Waals surface area contributed by atoms with Gasteiger partial charge in [-0.3, -0.25) is 25.2 Å². The molecule has 0 saturated carbocycles. The van der Waals surface area contributed by atoms with Crippen LogP contribution >= 0.6 is 11.6 Å². The normalized spacial score (nSPS) is 10.2. The Morgan fingerprint density at radius 2 is 1.59 bits per heavy atom. The number of carbonyl (C=O) groups is 3. The molecule has 0 heterocycles. The fourth-order valence-electron chi connectivity index (χ4n) is 2.37.